The van der Waals surface area contributed by atoms with Gasteiger partial charge >= 0.3 is 0 Å². The number of ether oxygens (including phenoxy) is 3. The van der Waals surface area contributed by atoms with Crippen LogP contribution in [0.5, 0.6) is 17.2 Å². The van der Waals surface area contributed by atoms with Gasteiger partial charge in [0.25, 0.3) is 0 Å². The first kappa shape index (κ1) is 20.6. The summed E-state index contributed by atoms with van der Waals surface area (Å²) in [6.07, 6.45) is 1.73. The first-order valence-electron chi connectivity index (χ1n) is 9.12. The highest BCUT2D eigenvalue weighted by Gasteiger charge is 2.06. The molecular formula is C23H23ClN2O3. The Balaban J connectivity index is 1.60. The first-order chi connectivity index (χ1) is 14.2. The predicted octanol–water partition coefficient (Wildman–Crippen LogP) is 5.06. The average Bonchev–Trinajstić information content (AvgIpc) is 2.76. The molecule has 5 nitrogen and oxygen atoms in total. The van der Waals surface area contributed by atoms with Crippen LogP contribution in [0.1, 0.15) is 16.7 Å². The molecule has 0 saturated heterocycles. The predicted molar refractivity (Wildman–Crippen MR) is 116 cm³/mol. The zero-order valence-corrected chi connectivity index (χ0v) is 17.1. The molecule has 3 rings (SSSR count). The van der Waals surface area contributed by atoms with E-state index in [2.05, 4.69) is 10.5 Å². The minimum Gasteiger partial charge on any atom is -0.496 e. The zero-order valence-electron chi connectivity index (χ0n) is 16.4. The summed E-state index contributed by atoms with van der Waals surface area (Å²) in [5.74, 6) is 2.13. The Morgan fingerprint density at radius 2 is 1.72 bits per heavy atom. The molecule has 6 heteroatoms. The molecule has 3 aromatic rings. The van der Waals surface area contributed by atoms with E-state index in [0.717, 1.165) is 22.4 Å². The molecule has 150 valence electrons. The highest BCUT2D eigenvalue weighted by molar-refractivity contribution is 6.30. The second-order valence-corrected chi connectivity index (χ2v) is 6.67. The van der Waals surface area contributed by atoms with Crippen LogP contribution in [0.4, 0.5) is 0 Å². The number of benzene rings is 3. The summed E-state index contributed by atoms with van der Waals surface area (Å²) in [7, 11) is 3.27. The quantitative estimate of drug-likeness (QED) is 0.395. The van der Waals surface area contributed by atoms with Gasteiger partial charge in [0, 0.05) is 10.6 Å². The minimum absolute atomic E-state index is 0.408. The van der Waals surface area contributed by atoms with Crippen molar-refractivity contribution in [3.63, 3.8) is 0 Å². The van der Waals surface area contributed by atoms with Gasteiger partial charge in [0.2, 0.25) is 0 Å². The fourth-order valence-corrected chi connectivity index (χ4v) is 2.98. The van der Waals surface area contributed by atoms with E-state index in [-0.39, 0.29) is 0 Å². The van der Waals surface area contributed by atoms with E-state index in [0.29, 0.717) is 29.7 Å². The summed E-state index contributed by atoms with van der Waals surface area (Å²) in [6.45, 7) is 0.975. The van der Waals surface area contributed by atoms with Crippen molar-refractivity contribution in [3.05, 3.63) is 88.4 Å². The van der Waals surface area contributed by atoms with Crippen molar-refractivity contribution in [1.82, 2.24) is 5.43 Å². The largest absolute Gasteiger partial charge is 0.496 e. The molecule has 3 aromatic carbocycles. The fraction of sp³-hybridized carbons (Fsp3) is 0.174. The van der Waals surface area contributed by atoms with E-state index in [1.165, 1.54) is 0 Å². The molecule has 0 aliphatic rings. The third-order valence-electron chi connectivity index (χ3n) is 4.24. The standard InChI is InChI=1S/C23H23ClN2O3/c1-27-21-9-4-3-7-19(21)15-26-25-14-17-10-11-22(23(13-17)28-2)29-16-18-6-5-8-20(24)12-18/h3-14,26H,15-16H2,1-2H3/b25-14+. The number of methoxy groups -OCH3 is 2. The Bertz CT molecular complexity index is 976. The maximum absolute atomic E-state index is 6.01. The lowest BCUT2D eigenvalue weighted by Gasteiger charge is -2.11. The number of nitrogens with zero attached hydrogens (tertiary/aromatic N) is 1. The van der Waals surface area contributed by atoms with Crippen LogP contribution in [-0.4, -0.2) is 20.4 Å². The van der Waals surface area contributed by atoms with Gasteiger partial charge in [-0.15, -0.1) is 0 Å². The topological polar surface area (TPSA) is 52.1 Å². The van der Waals surface area contributed by atoms with E-state index in [4.69, 9.17) is 25.8 Å². The number of para-hydroxylation sites is 1. The molecule has 0 radical (unpaired) electrons. The van der Waals surface area contributed by atoms with Crippen LogP contribution in [0.3, 0.4) is 0 Å². The van der Waals surface area contributed by atoms with E-state index < -0.39 is 0 Å². The van der Waals surface area contributed by atoms with Crippen LogP contribution >= 0.6 is 11.6 Å². The summed E-state index contributed by atoms with van der Waals surface area (Å²) in [5, 5.41) is 4.96. The monoisotopic (exact) mass is 410 g/mol. The highest BCUT2D eigenvalue weighted by Crippen LogP contribution is 2.28. The Kier molecular flexibility index (Phi) is 7.36. The van der Waals surface area contributed by atoms with E-state index in [9.17, 15) is 0 Å². The van der Waals surface area contributed by atoms with Crippen LogP contribution < -0.4 is 19.6 Å². The van der Waals surface area contributed by atoms with E-state index in [1.807, 2.05) is 66.7 Å². The Labute approximate surface area is 175 Å². The molecule has 0 atom stereocenters. The fourth-order valence-electron chi connectivity index (χ4n) is 2.77. The van der Waals surface area contributed by atoms with Crippen LogP contribution in [0.2, 0.25) is 5.02 Å². The normalized spacial score (nSPS) is 10.7. The van der Waals surface area contributed by atoms with Crippen molar-refractivity contribution in [1.29, 1.82) is 0 Å². The summed E-state index contributed by atoms with van der Waals surface area (Å²) in [4.78, 5) is 0. The van der Waals surface area contributed by atoms with Crippen LogP contribution in [0, 0.1) is 0 Å². The third-order valence-corrected chi connectivity index (χ3v) is 4.47. The molecule has 0 bridgehead atoms. The zero-order chi connectivity index (χ0) is 20.5. The number of hydrazone groups is 1. The summed E-state index contributed by atoms with van der Waals surface area (Å²) in [5.41, 5.74) is 5.95. The Morgan fingerprint density at radius 3 is 2.52 bits per heavy atom. The smallest absolute Gasteiger partial charge is 0.161 e. The lowest BCUT2D eigenvalue weighted by molar-refractivity contribution is 0.284. The summed E-state index contributed by atoms with van der Waals surface area (Å²) < 4.78 is 16.7. The molecule has 1 N–H and O–H groups in total. The molecule has 0 heterocycles. The van der Waals surface area contributed by atoms with Gasteiger partial charge in [-0.2, -0.15) is 5.10 Å². The number of halogens is 1. The number of hydrogen-bond acceptors (Lipinski definition) is 5. The van der Waals surface area contributed by atoms with Crippen molar-refractivity contribution in [2.24, 2.45) is 5.10 Å². The van der Waals surface area contributed by atoms with Crippen molar-refractivity contribution >= 4 is 17.8 Å². The van der Waals surface area contributed by atoms with Crippen molar-refractivity contribution in [3.8, 4) is 17.2 Å². The SMILES string of the molecule is COc1ccccc1CN/N=C/c1ccc(OCc2cccc(Cl)c2)c(OC)c1. The highest BCUT2D eigenvalue weighted by atomic mass is 35.5. The van der Waals surface area contributed by atoms with E-state index in [1.54, 1.807) is 20.4 Å². The van der Waals surface area contributed by atoms with Crippen molar-refractivity contribution in [2.45, 2.75) is 13.2 Å². The van der Waals surface area contributed by atoms with Crippen LogP contribution in [-0.2, 0) is 13.2 Å². The molecule has 0 amide bonds. The van der Waals surface area contributed by atoms with Gasteiger partial charge in [-0.1, -0.05) is 41.9 Å². The van der Waals surface area contributed by atoms with Gasteiger partial charge < -0.3 is 19.6 Å². The first-order valence-corrected chi connectivity index (χ1v) is 9.50. The minimum atomic E-state index is 0.408. The molecule has 0 saturated carbocycles. The lowest BCUT2D eigenvalue weighted by atomic mass is 10.2. The molecule has 0 aliphatic carbocycles. The van der Waals surface area contributed by atoms with Gasteiger partial charge in [0.1, 0.15) is 12.4 Å². The van der Waals surface area contributed by atoms with Crippen LogP contribution in [0.15, 0.2) is 71.8 Å². The Hall–Kier alpha value is -3.18. The number of hydrogen-bond donors (Lipinski definition) is 1. The molecule has 0 fully saturated rings. The van der Waals surface area contributed by atoms with Crippen molar-refractivity contribution < 1.29 is 14.2 Å². The molecule has 0 aromatic heterocycles. The maximum Gasteiger partial charge on any atom is 0.161 e. The van der Waals surface area contributed by atoms with Gasteiger partial charge in [-0.3, -0.25) is 0 Å². The van der Waals surface area contributed by atoms with Gasteiger partial charge in [0.05, 0.1) is 27.0 Å². The molecule has 0 aliphatic heterocycles. The second kappa shape index (κ2) is 10.4. The van der Waals surface area contributed by atoms with E-state index >= 15 is 0 Å². The third kappa shape index (κ3) is 5.90. The molecule has 0 spiro atoms. The lowest BCUT2D eigenvalue weighted by Crippen LogP contribution is -2.07. The number of rotatable bonds is 9. The summed E-state index contributed by atoms with van der Waals surface area (Å²) >= 11 is 6.01. The molecule has 0 unspecified atom stereocenters. The van der Waals surface area contributed by atoms with Gasteiger partial charge in [0.15, 0.2) is 11.5 Å². The van der Waals surface area contributed by atoms with Gasteiger partial charge in [-0.05, 0) is 47.5 Å². The summed E-state index contributed by atoms with van der Waals surface area (Å²) in [6, 6.07) is 21.1. The van der Waals surface area contributed by atoms with Crippen molar-refractivity contribution in [2.75, 3.05) is 14.2 Å². The maximum atomic E-state index is 6.01. The second-order valence-electron chi connectivity index (χ2n) is 6.23. The Morgan fingerprint density at radius 1 is 0.897 bits per heavy atom. The van der Waals surface area contributed by atoms with Gasteiger partial charge in [-0.25, -0.2) is 0 Å². The number of nitrogens with one attached hydrogen (secondary N) is 1. The molecular weight excluding hydrogens is 388 g/mol. The van der Waals surface area contributed by atoms with Crippen LogP contribution in [0.25, 0.3) is 0 Å². The molecule has 29 heavy (non-hydrogen) atoms. The average molecular weight is 411 g/mol.